The van der Waals surface area contributed by atoms with E-state index in [2.05, 4.69) is 4.72 Å². The van der Waals surface area contributed by atoms with Gasteiger partial charge in [0.2, 0.25) is 15.9 Å². The van der Waals surface area contributed by atoms with Gasteiger partial charge in [-0.3, -0.25) is 4.79 Å². The monoisotopic (exact) mass is 317 g/mol. The van der Waals surface area contributed by atoms with Gasteiger partial charge in [0.1, 0.15) is 4.90 Å². The summed E-state index contributed by atoms with van der Waals surface area (Å²) in [6.45, 7) is 1.91. The van der Waals surface area contributed by atoms with E-state index in [1.165, 1.54) is 18.2 Å². The molecule has 1 rings (SSSR count). The molecule has 1 aromatic rings. The van der Waals surface area contributed by atoms with E-state index in [9.17, 15) is 13.2 Å². The summed E-state index contributed by atoms with van der Waals surface area (Å²) in [6.07, 6.45) is 2.59. The molecule has 0 radical (unpaired) electrons. The van der Waals surface area contributed by atoms with Crippen molar-refractivity contribution in [2.45, 2.75) is 24.3 Å². The SMILES string of the molecule is CCC(CSC)NS(=O)(=O)c1ccc(C(N)=O)cc1N. The van der Waals surface area contributed by atoms with Gasteiger partial charge in [-0.25, -0.2) is 13.1 Å². The Labute approximate surface area is 123 Å². The Morgan fingerprint density at radius 3 is 2.55 bits per heavy atom. The minimum atomic E-state index is -3.71. The first-order chi connectivity index (χ1) is 9.31. The maximum atomic E-state index is 12.3. The smallest absolute Gasteiger partial charge is 0.248 e. The van der Waals surface area contributed by atoms with Crippen LogP contribution in [-0.4, -0.2) is 32.4 Å². The Kier molecular flexibility index (Phi) is 5.85. The third kappa shape index (κ3) is 4.12. The summed E-state index contributed by atoms with van der Waals surface area (Å²) in [6, 6.07) is 3.75. The minimum absolute atomic E-state index is 0.00723. The number of sulfonamides is 1. The lowest BCUT2D eigenvalue weighted by Gasteiger charge is -2.17. The number of nitrogen functional groups attached to an aromatic ring is 1. The summed E-state index contributed by atoms with van der Waals surface area (Å²) < 4.78 is 27.1. The number of amides is 1. The van der Waals surface area contributed by atoms with Gasteiger partial charge in [0.25, 0.3) is 0 Å². The molecule has 0 fully saturated rings. The van der Waals surface area contributed by atoms with Crippen molar-refractivity contribution in [3.63, 3.8) is 0 Å². The fourth-order valence-electron chi connectivity index (χ4n) is 1.67. The molecule has 1 unspecified atom stereocenters. The van der Waals surface area contributed by atoms with Crippen molar-refractivity contribution in [2.24, 2.45) is 5.73 Å². The summed E-state index contributed by atoms with van der Waals surface area (Å²) in [5, 5.41) is 0. The van der Waals surface area contributed by atoms with Gasteiger partial charge in [-0.05, 0) is 30.9 Å². The molecular weight excluding hydrogens is 298 g/mol. The number of anilines is 1. The molecule has 5 N–H and O–H groups in total. The number of thioether (sulfide) groups is 1. The third-order valence-electron chi connectivity index (χ3n) is 2.77. The molecule has 0 bridgehead atoms. The fourth-order valence-corrected chi connectivity index (χ4v) is 3.92. The minimum Gasteiger partial charge on any atom is -0.398 e. The molecule has 0 saturated carbocycles. The van der Waals surface area contributed by atoms with E-state index < -0.39 is 15.9 Å². The van der Waals surface area contributed by atoms with Gasteiger partial charge in [0.15, 0.2) is 0 Å². The number of carbonyl (C=O) groups excluding carboxylic acids is 1. The van der Waals surface area contributed by atoms with E-state index in [4.69, 9.17) is 11.5 Å². The summed E-state index contributed by atoms with van der Waals surface area (Å²) >= 11 is 1.56. The van der Waals surface area contributed by atoms with E-state index in [-0.39, 0.29) is 22.2 Å². The molecule has 0 aliphatic heterocycles. The van der Waals surface area contributed by atoms with Crippen LogP contribution in [-0.2, 0) is 10.0 Å². The average Bonchev–Trinajstić information content (AvgIpc) is 2.37. The maximum Gasteiger partial charge on any atom is 0.248 e. The van der Waals surface area contributed by atoms with Gasteiger partial charge in [0.05, 0.1) is 5.69 Å². The van der Waals surface area contributed by atoms with Crippen LogP contribution >= 0.6 is 11.8 Å². The molecule has 0 heterocycles. The van der Waals surface area contributed by atoms with Crippen LogP contribution in [0.3, 0.4) is 0 Å². The summed E-state index contributed by atoms with van der Waals surface area (Å²) in [7, 11) is -3.71. The largest absolute Gasteiger partial charge is 0.398 e. The van der Waals surface area contributed by atoms with E-state index in [0.717, 1.165) is 0 Å². The molecule has 0 aromatic heterocycles. The first-order valence-electron chi connectivity index (χ1n) is 6.02. The van der Waals surface area contributed by atoms with Crippen LogP contribution in [0.25, 0.3) is 0 Å². The third-order valence-corrected chi connectivity index (χ3v) is 5.10. The highest BCUT2D eigenvalue weighted by atomic mass is 32.2. The van der Waals surface area contributed by atoms with Gasteiger partial charge >= 0.3 is 0 Å². The summed E-state index contributed by atoms with van der Waals surface area (Å²) in [5.41, 5.74) is 11.0. The van der Waals surface area contributed by atoms with Gasteiger partial charge in [-0.1, -0.05) is 6.92 Å². The maximum absolute atomic E-state index is 12.3. The normalized spacial score (nSPS) is 13.1. The van der Waals surface area contributed by atoms with Crippen LogP contribution in [0.15, 0.2) is 23.1 Å². The molecule has 8 heteroatoms. The van der Waals surface area contributed by atoms with Crippen molar-refractivity contribution in [1.29, 1.82) is 0 Å². The van der Waals surface area contributed by atoms with Crippen LogP contribution in [0, 0.1) is 0 Å². The number of carbonyl (C=O) groups is 1. The van der Waals surface area contributed by atoms with E-state index in [1.54, 1.807) is 11.8 Å². The van der Waals surface area contributed by atoms with Gasteiger partial charge < -0.3 is 11.5 Å². The zero-order valence-corrected chi connectivity index (χ0v) is 13.1. The van der Waals surface area contributed by atoms with E-state index in [1.807, 2.05) is 13.2 Å². The highest BCUT2D eigenvalue weighted by Crippen LogP contribution is 2.20. The predicted molar refractivity (Wildman–Crippen MR) is 82.2 cm³/mol. The van der Waals surface area contributed by atoms with Crippen molar-refractivity contribution >= 4 is 33.4 Å². The second kappa shape index (κ2) is 6.96. The first-order valence-corrected chi connectivity index (χ1v) is 8.90. The van der Waals surface area contributed by atoms with Crippen LogP contribution in [0.1, 0.15) is 23.7 Å². The molecular formula is C12H19N3O3S2. The van der Waals surface area contributed by atoms with Crippen molar-refractivity contribution in [3.8, 4) is 0 Å². The highest BCUT2D eigenvalue weighted by molar-refractivity contribution is 7.98. The lowest BCUT2D eigenvalue weighted by atomic mass is 10.2. The summed E-state index contributed by atoms with van der Waals surface area (Å²) in [5.74, 6) is 0.0251. The zero-order valence-electron chi connectivity index (χ0n) is 11.4. The predicted octanol–water partition coefficient (Wildman–Crippen LogP) is 0.788. The quantitative estimate of drug-likeness (QED) is 0.643. The van der Waals surface area contributed by atoms with Gasteiger partial charge in [-0.2, -0.15) is 11.8 Å². The number of hydrogen-bond donors (Lipinski definition) is 3. The number of nitrogens with two attached hydrogens (primary N) is 2. The lowest BCUT2D eigenvalue weighted by molar-refractivity contribution is 0.1000. The number of nitrogens with one attached hydrogen (secondary N) is 1. The van der Waals surface area contributed by atoms with E-state index in [0.29, 0.717) is 12.2 Å². The van der Waals surface area contributed by atoms with Crippen molar-refractivity contribution in [1.82, 2.24) is 4.72 Å². The Hall–Kier alpha value is -1.25. The number of hydrogen-bond acceptors (Lipinski definition) is 5. The molecule has 20 heavy (non-hydrogen) atoms. The van der Waals surface area contributed by atoms with Crippen LogP contribution < -0.4 is 16.2 Å². The Bertz CT molecular complexity index is 588. The molecule has 0 aliphatic carbocycles. The highest BCUT2D eigenvalue weighted by Gasteiger charge is 2.21. The van der Waals surface area contributed by atoms with Crippen LogP contribution in [0.5, 0.6) is 0 Å². The zero-order chi connectivity index (χ0) is 15.3. The standard InChI is InChI=1S/C12H19N3O3S2/c1-3-9(7-19-2)15-20(17,18)11-5-4-8(12(14)16)6-10(11)13/h4-6,9,15H,3,7,13H2,1-2H3,(H2,14,16). The second-order valence-electron chi connectivity index (χ2n) is 4.30. The second-order valence-corrected chi connectivity index (χ2v) is 6.89. The first kappa shape index (κ1) is 16.8. The van der Waals surface area contributed by atoms with Crippen molar-refractivity contribution in [3.05, 3.63) is 23.8 Å². The summed E-state index contributed by atoms with van der Waals surface area (Å²) in [4.78, 5) is 11.0. The number of primary amides is 1. The van der Waals surface area contributed by atoms with E-state index >= 15 is 0 Å². The molecule has 1 amide bonds. The molecule has 112 valence electrons. The fraction of sp³-hybridized carbons (Fsp3) is 0.417. The lowest BCUT2D eigenvalue weighted by Crippen LogP contribution is -2.36. The Morgan fingerprint density at radius 1 is 1.45 bits per heavy atom. The average molecular weight is 317 g/mol. The molecule has 0 saturated heterocycles. The topological polar surface area (TPSA) is 115 Å². The molecule has 0 aliphatic rings. The molecule has 1 atom stereocenters. The molecule has 0 spiro atoms. The van der Waals surface area contributed by atoms with Crippen molar-refractivity contribution in [2.75, 3.05) is 17.7 Å². The molecule has 1 aromatic carbocycles. The molecule has 6 nitrogen and oxygen atoms in total. The van der Waals surface area contributed by atoms with Gasteiger partial charge in [-0.15, -0.1) is 0 Å². The van der Waals surface area contributed by atoms with Crippen molar-refractivity contribution < 1.29 is 13.2 Å². The van der Waals surface area contributed by atoms with Crippen LogP contribution in [0.2, 0.25) is 0 Å². The number of rotatable bonds is 7. The Balaban J connectivity index is 3.06. The number of benzene rings is 1. The van der Waals surface area contributed by atoms with Gasteiger partial charge in [0, 0.05) is 17.4 Å². The Morgan fingerprint density at radius 2 is 2.10 bits per heavy atom. The van der Waals surface area contributed by atoms with Crippen LogP contribution in [0.4, 0.5) is 5.69 Å².